The van der Waals surface area contributed by atoms with Crippen LogP contribution in [0.3, 0.4) is 0 Å². The van der Waals surface area contributed by atoms with Crippen molar-refractivity contribution in [2.45, 2.75) is 57.5 Å². The van der Waals surface area contributed by atoms with Gasteiger partial charge in [0.05, 0.1) is 46.4 Å². The van der Waals surface area contributed by atoms with Crippen molar-refractivity contribution in [3.05, 3.63) is 110 Å². The number of nitrogens with zero attached hydrogens (tertiary/aromatic N) is 4. The number of anilines is 1. The lowest BCUT2D eigenvalue weighted by Gasteiger charge is -2.17. The van der Waals surface area contributed by atoms with E-state index in [1.807, 2.05) is 24.0 Å². The molecule has 1 amide bonds. The summed E-state index contributed by atoms with van der Waals surface area (Å²) >= 11 is 1.49. The fourth-order valence-electron chi connectivity index (χ4n) is 8.04. The minimum Gasteiger partial charge on any atom is -0.493 e. The highest BCUT2D eigenvalue weighted by atomic mass is 32.1. The number of aromatic nitrogens is 4. The van der Waals surface area contributed by atoms with Gasteiger partial charge in [-0.05, 0) is 92.3 Å². The number of nitrogens with one attached hydrogen (secondary N) is 2. The number of hydrogen-bond donors (Lipinski definition) is 2. The average Bonchev–Trinajstić information content (AvgIpc) is 3.96. The Bertz CT molecular complexity index is 2440. The molecule has 4 aromatic heterocycles. The Labute approximate surface area is 294 Å². The molecule has 2 aromatic carbocycles. The van der Waals surface area contributed by atoms with E-state index in [9.17, 15) is 18.4 Å². The third-order valence-corrected chi connectivity index (χ3v) is 11.4. The molecule has 0 radical (unpaired) electrons. The summed E-state index contributed by atoms with van der Waals surface area (Å²) in [7, 11) is 1.49. The first kappa shape index (κ1) is 31.5. The summed E-state index contributed by atoms with van der Waals surface area (Å²) in [5, 5.41) is 11.2. The second kappa shape index (κ2) is 12.1. The second-order valence-electron chi connectivity index (χ2n) is 13.3. The summed E-state index contributed by atoms with van der Waals surface area (Å²) in [4.78, 5) is 39.3. The van der Waals surface area contributed by atoms with Crippen LogP contribution in [0, 0.1) is 18.6 Å². The van der Waals surface area contributed by atoms with Gasteiger partial charge in [0, 0.05) is 28.2 Å². The molecular weight excluding hydrogens is 675 g/mol. The molecule has 3 aliphatic rings. The van der Waals surface area contributed by atoms with Gasteiger partial charge in [-0.2, -0.15) is 0 Å². The van der Waals surface area contributed by atoms with E-state index in [2.05, 4.69) is 15.5 Å². The number of ether oxygens (including phenoxy) is 1. The van der Waals surface area contributed by atoms with Crippen molar-refractivity contribution < 1.29 is 22.7 Å². The third-order valence-electron chi connectivity index (χ3n) is 10.3. The molecule has 9 rings (SSSR count). The van der Waals surface area contributed by atoms with Crippen LogP contribution in [0.15, 0.2) is 57.7 Å². The van der Waals surface area contributed by atoms with Gasteiger partial charge in [0.2, 0.25) is 0 Å². The minimum atomic E-state index is -0.719. The topological polar surface area (TPSA) is 126 Å². The van der Waals surface area contributed by atoms with Crippen LogP contribution in [0.1, 0.15) is 75.5 Å². The number of carbonyl (C=O) groups is 1. The van der Waals surface area contributed by atoms with Crippen LogP contribution in [0.2, 0.25) is 0 Å². The fraction of sp³-hybridized carbons (Fsp3) is 0.289. The number of amides is 1. The molecule has 0 spiro atoms. The molecule has 1 aliphatic carbocycles. The first-order valence-electron chi connectivity index (χ1n) is 17.0. The second-order valence-corrected chi connectivity index (χ2v) is 14.3. The predicted molar refractivity (Wildman–Crippen MR) is 188 cm³/mol. The Kier molecular flexibility index (Phi) is 7.49. The quantitative estimate of drug-likeness (QED) is 0.167. The van der Waals surface area contributed by atoms with E-state index >= 15 is 0 Å². The SMILES string of the molecule is COc1c(F)ccc2c1CC[C@H]2Nc1nc(C)cc2cc(-c3c4c(nc(CCc5ccc(F)cc5)c3-c3n[nH]c(=O)o3)C3CCCN3C4=O)sc12. The highest BCUT2D eigenvalue weighted by Crippen LogP contribution is 2.51. The molecule has 6 heterocycles. The molecule has 10 nitrogen and oxygen atoms in total. The maximum atomic E-state index is 14.5. The molecule has 0 bridgehead atoms. The Hall–Kier alpha value is -5.43. The van der Waals surface area contributed by atoms with Gasteiger partial charge in [-0.15, -0.1) is 16.4 Å². The summed E-state index contributed by atoms with van der Waals surface area (Å²) in [5.74, 6) is -0.502. The van der Waals surface area contributed by atoms with Crippen LogP contribution in [0.4, 0.5) is 14.6 Å². The number of H-pyrrole nitrogens is 1. The number of benzene rings is 2. The molecule has 13 heteroatoms. The van der Waals surface area contributed by atoms with E-state index < -0.39 is 5.76 Å². The van der Waals surface area contributed by atoms with E-state index in [1.165, 1.54) is 36.6 Å². The molecule has 258 valence electrons. The number of hydrogen-bond acceptors (Lipinski definition) is 9. The van der Waals surface area contributed by atoms with E-state index in [0.717, 1.165) is 62.3 Å². The van der Waals surface area contributed by atoms with Crippen LogP contribution < -0.4 is 15.8 Å². The smallest absolute Gasteiger partial charge is 0.434 e. The van der Waals surface area contributed by atoms with Crippen molar-refractivity contribution in [3.8, 4) is 27.6 Å². The van der Waals surface area contributed by atoms with Gasteiger partial charge in [-0.25, -0.2) is 23.7 Å². The highest BCUT2D eigenvalue weighted by Gasteiger charge is 2.45. The molecular formula is C38H32F2N6O4S. The van der Waals surface area contributed by atoms with Crippen molar-refractivity contribution in [3.63, 3.8) is 0 Å². The molecule has 2 aliphatic heterocycles. The lowest BCUT2D eigenvalue weighted by molar-refractivity contribution is 0.0776. The van der Waals surface area contributed by atoms with Crippen molar-refractivity contribution >= 4 is 33.1 Å². The summed E-state index contributed by atoms with van der Waals surface area (Å²) in [5.41, 5.74) is 6.51. The van der Waals surface area contributed by atoms with Crippen molar-refractivity contribution in [1.82, 2.24) is 25.1 Å². The van der Waals surface area contributed by atoms with Crippen molar-refractivity contribution in [2.24, 2.45) is 0 Å². The normalized spacial score (nSPS) is 17.6. The summed E-state index contributed by atoms with van der Waals surface area (Å²) in [6, 6.07) is 13.4. The van der Waals surface area contributed by atoms with E-state index in [1.54, 1.807) is 18.2 Å². The molecule has 6 aromatic rings. The maximum Gasteiger partial charge on any atom is 0.434 e. The lowest BCUT2D eigenvalue weighted by atomic mass is 9.93. The largest absolute Gasteiger partial charge is 0.493 e. The molecule has 1 saturated heterocycles. The molecule has 2 atom stereocenters. The Morgan fingerprint density at radius 3 is 2.67 bits per heavy atom. The first-order chi connectivity index (χ1) is 24.8. The van der Waals surface area contributed by atoms with E-state index in [4.69, 9.17) is 19.1 Å². The highest BCUT2D eigenvalue weighted by molar-refractivity contribution is 7.23. The van der Waals surface area contributed by atoms with Crippen LogP contribution in [0.25, 0.3) is 32.0 Å². The molecule has 0 saturated carbocycles. The Balaban J connectivity index is 1.21. The molecule has 1 fully saturated rings. The summed E-state index contributed by atoms with van der Waals surface area (Å²) in [6.45, 7) is 2.57. The van der Waals surface area contributed by atoms with Gasteiger partial charge >= 0.3 is 5.76 Å². The number of methoxy groups -OCH3 is 1. The number of aromatic amines is 1. The van der Waals surface area contributed by atoms with Crippen molar-refractivity contribution in [2.75, 3.05) is 19.0 Å². The molecule has 1 unspecified atom stereocenters. The van der Waals surface area contributed by atoms with Crippen LogP contribution in [-0.4, -0.2) is 44.6 Å². The first-order valence-corrected chi connectivity index (χ1v) is 17.8. The average molecular weight is 707 g/mol. The summed E-state index contributed by atoms with van der Waals surface area (Å²) < 4.78 is 40.1. The summed E-state index contributed by atoms with van der Waals surface area (Å²) in [6.07, 6.45) is 4.08. The van der Waals surface area contributed by atoms with Crippen LogP contribution in [-0.2, 0) is 19.3 Å². The minimum absolute atomic E-state index is 0.0492. The number of halogens is 2. The zero-order chi connectivity index (χ0) is 35.0. The standard InChI is InChI=1S/C38H32F2N6O4S/c1-18-16-20-17-28(51-34(20)35(41-18)43-25-14-11-23-22(25)10-12-24(40)33(23)49-2)30-29(36-44-45-38(48)50-36)26(13-7-19-5-8-21(39)9-6-19)42-32-27-4-3-15-46(27)37(47)31(30)32/h5-6,8-10,12,16-17,25,27H,3-4,7,11,13-15H2,1-2H3,(H,41,43)(H,45,48)/t25-,27?/m1/s1. The zero-order valence-electron chi connectivity index (χ0n) is 27.8. The van der Waals surface area contributed by atoms with Gasteiger partial charge in [-0.1, -0.05) is 18.2 Å². The monoisotopic (exact) mass is 706 g/mol. The van der Waals surface area contributed by atoms with Crippen LogP contribution in [0.5, 0.6) is 5.75 Å². The van der Waals surface area contributed by atoms with Gasteiger partial charge < -0.3 is 19.4 Å². The molecule has 51 heavy (non-hydrogen) atoms. The maximum absolute atomic E-state index is 14.5. The number of aryl methyl sites for hydroxylation is 3. The zero-order valence-corrected chi connectivity index (χ0v) is 28.6. The fourth-order valence-corrected chi connectivity index (χ4v) is 9.19. The van der Waals surface area contributed by atoms with E-state index in [-0.39, 0.29) is 41.3 Å². The van der Waals surface area contributed by atoms with Gasteiger partial charge in [0.25, 0.3) is 11.8 Å². The third kappa shape index (κ3) is 5.21. The Morgan fingerprint density at radius 1 is 1.04 bits per heavy atom. The lowest BCUT2D eigenvalue weighted by Crippen LogP contribution is -2.22. The number of pyridine rings is 2. The van der Waals surface area contributed by atoms with Crippen LogP contribution >= 0.6 is 11.3 Å². The number of fused-ring (bicyclic) bond motifs is 5. The molecule has 2 N–H and O–H groups in total. The van der Waals surface area contributed by atoms with Gasteiger partial charge in [0.15, 0.2) is 11.6 Å². The Morgan fingerprint density at radius 2 is 1.88 bits per heavy atom. The van der Waals surface area contributed by atoms with E-state index in [0.29, 0.717) is 54.0 Å². The predicted octanol–water partition coefficient (Wildman–Crippen LogP) is 7.47. The number of rotatable bonds is 8. The van der Waals surface area contributed by atoms with Gasteiger partial charge in [-0.3, -0.25) is 9.78 Å². The van der Waals surface area contributed by atoms with Gasteiger partial charge in [0.1, 0.15) is 11.6 Å². The number of thiophene rings is 1. The number of carbonyl (C=O) groups excluding carboxylic acids is 1. The van der Waals surface area contributed by atoms with Crippen molar-refractivity contribution in [1.29, 1.82) is 0 Å².